The normalized spacial score (nSPS) is 16.8. The van der Waals surface area contributed by atoms with Gasteiger partial charge in [0.15, 0.2) is 34.8 Å². The molecular weight excluding hydrogens is 1740 g/mol. The van der Waals surface area contributed by atoms with Gasteiger partial charge in [-0.05, 0) is 129 Å². The number of rotatable bonds is 41. The molecule has 2 saturated heterocycles. The molecule has 5 amide bonds. The predicted octanol–water partition coefficient (Wildman–Crippen LogP) is 14.6. The Hall–Kier alpha value is -14.0. The first-order valence-electron chi connectivity index (χ1n) is 44.3. The Morgan fingerprint density at radius 1 is 0.537 bits per heavy atom. The minimum absolute atomic E-state index is 0.0236. The molecule has 694 valence electrons. The third-order valence-electron chi connectivity index (χ3n) is 24.0. The fourth-order valence-electron chi connectivity index (χ4n) is 17.1. The fourth-order valence-corrected chi connectivity index (χ4v) is 18.3. The first-order valence-corrected chi connectivity index (χ1v) is 45.4. The van der Waals surface area contributed by atoms with E-state index in [1.165, 1.54) is 40.3 Å². The van der Waals surface area contributed by atoms with Crippen molar-refractivity contribution in [3.8, 4) is 33.8 Å². The van der Waals surface area contributed by atoms with Crippen LogP contribution in [0.2, 0.25) is 0 Å². The number of ether oxygens (including phenoxy) is 9. The Bertz CT molecular complexity index is 6140. The average Bonchev–Trinajstić information content (AvgIpc) is 1.32. The maximum absolute atomic E-state index is 14.2. The molecule has 2 fully saturated rings. The second-order valence-corrected chi connectivity index (χ2v) is 34.0. The second kappa shape index (κ2) is 43.1. The van der Waals surface area contributed by atoms with E-state index in [1.807, 2.05) is 159 Å². The Morgan fingerprint density at radius 2 is 1.07 bits per heavy atom. The Morgan fingerprint density at radius 3 is 1.63 bits per heavy atom. The molecule has 4 N–H and O–H groups in total. The van der Waals surface area contributed by atoms with Gasteiger partial charge >= 0.3 is 32.7 Å². The number of aromatic amines is 1. The molecule has 35 heteroatoms. The number of benzene rings is 8. The lowest BCUT2D eigenvalue weighted by atomic mass is 9.80. The maximum atomic E-state index is 14.2. The zero-order chi connectivity index (χ0) is 93.4. The molecule has 2 aliphatic carbocycles. The number of hydrogen-bond acceptors (Lipinski definition) is 26. The lowest BCUT2D eigenvalue weighted by Gasteiger charge is -2.37. The van der Waals surface area contributed by atoms with E-state index >= 15 is 0 Å². The topological polar surface area (TPSA) is 397 Å². The molecule has 7 atom stereocenters. The van der Waals surface area contributed by atoms with E-state index in [-0.39, 0.29) is 161 Å². The molecule has 4 aliphatic rings. The van der Waals surface area contributed by atoms with Crippen molar-refractivity contribution in [3.63, 3.8) is 0 Å². The van der Waals surface area contributed by atoms with Crippen molar-refractivity contribution in [1.82, 2.24) is 54.2 Å². The lowest BCUT2D eigenvalue weighted by Crippen LogP contribution is -2.38. The Kier molecular flexibility index (Phi) is 30.0. The SMILES string of the molecule is CCCOP(OC[C@H]1O[C@@H](n2cnc3c(=O)[nH]c(NC(=O)CCCN(C)C(=O)OCC4c5ccccc5-c5ccccc54)nc32)CC1OC(=O)CCC(C)=O)OC1C[C@H](n2cnc3c(NC(=O)c4ccc(CNC(=O)COC(=O)CCCN(C)C(=O)OCC5c6ccccc6-c6ccccc65)cc4)ncnc32)O[C@@H]1COC(c1ccccc1)(c1ccc(OC)cc1)c1ccc(OC)cc1. The highest BCUT2D eigenvalue weighted by Crippen LogP contribution is 2.51. The molecular formula is C99H102N13O21P. The number of amides is 5. The number of nitrogens with zero attached hydrogens (tertiary/aromatic N) is 9. The summed E-state index contributed by atoms with van der Waals surface area (Å²) in [5, 5.41) is 8.30. The highest BCUT2D eigenvalue weighted by molar-refractivity contribution is 7.41. The molecule has 12 aromatic rings. The zero-order valence-corrected chi connectivity index (χ0v) is 75.6. The minimum Gasteiger partial charge on any atom is -0.497 e. The van der Waals surface area contributed by atoms with E-state index in [0.717, 1.165) is 61.2 Å². The van der Waals surface area contributed by atoms with E-state index in [9.17, 15) is 43.2 Å². The van der Waals surface area contributed by atoms with Crippen molar-refractivity contribution in [1.29, 1.82) is 0 Å². The number of aromatic nitrogens is 8. The van der Waals surface area contributed by atoms with E-state index in [4.69, 9.17) is 61.2 Å². The van der Waals surface area contributed by atoms with Crippen molar-refractivity contribution in [3.05, 3.63) is 280 Å². The van der Waals surface area contributed by atoms with Crippen LogP contribution in [-0.4, -0.2) is 202 Å². The third-order valence-corrected chi connectivity index (χ3v) is 25.2. The first kappa shape index (κ1) is 93.3. The van der Waals surface area contributed by atoms with Crippen molar-refractivity contribution in [2.24, 2.45) is 0 Å². The molecule has 134 heavy (non-hydrogen) atoms. The predicted molar refractivity (Wildman–Crippen MR) is 492 cm³/mol. The van der Waals surface area contributed by atoms with Crippen LogP contribution in [0, 0.1) is 0 Å². The summed E-state index contributed by atoms with van der Waals surface area (Å²) in [6.07, 6.45) is -2.06. The first-order chi connectivity index (χ1) is 65.2. The molecule has 4 aromatic heterocycles. The van der Waals surface area contributed by atoms with Crippen LogP contribution in [0.25, 0.3) is 44.6 Å². The summed E-state index contributed by atoms with van der Waals surface area (Å²) in [4.78, 5) is 148. The lowest BCUT2D eigenvalue weighted by molar-refractivity contribution is -0.153. The molecule has 34 nitrogen and oxygen atoms in total. The Balaban J connectivity index is 0.579. The summed E-state index contributed by atoms with van der Waals surface area (Å²) in [5.41, 5.74) is 10.3. The highest BCUT2D eigenvalue weighted by atomic mass is 31.2. The van der Waals surface area contributed by atoms with Gasteiger partial charge in [-0.25, -0.2) is 29.5 Å². The molecule has 3 unspecified atom stereocenters. The molecule has 0 radical (unpaired) electrons. The molecule has 0 bridgehead atoms. The van der Waals surface area contributed by atoms with Crippen LogP contribution in [0.15, 0.2) is 224 Å². The van der Waals surface area contributed by atoms with Gasteiger partial charge in [0.25, 0.3) is 17.4 Å². The van der Waals surface area contributed by atoms with Crippen LogP contribution >= 0.6 is 8.60 Å². The summed E-state index contributed by atoms with van der Waals surface area (Å²) in [5.74, 6) is -2.22. The number of ketones is 1. The average molecular weight is 1840 g/mol. The van der Waals surface area contributed by atoms with Crippen LogP contribution in [0.5, 0.6) is 11.5 Å². The van der Waals surface area contributed by atoms with Crippen molar-refractivity contribution >= 4 is 90.3 Å². The minimum atomic E-state index is -2.38. The van der Waals surface area contributed by atoms with Gasteiger partial charge in [-0.3, -0.25) is 48.2 Å². The summed E-state index contributed by atoms with van der Waals surface area (Å²) in [6, 6.07) is 63.6. The van der Waals surface area contributed by atoms with Gasteiger partial charge in [0.2, 0.25) is 11.9 Å². The zero-order valence-electron chi connectivity index (χ0n) is 74.7. The van der Waals surface area contributed by atoms with Crippen molar-refractivity contribution in [2.75, 3.05) is 91.7 Å². The number of nitrogens with one attached hydrogen (secondary N) is 4. The third kappa shape index (κ3) is 21.5. The van der Waals surface area contributed by atoms with E-state index < -0.39 is 105 Å². The van der Waals surface area contributed by atoms with Gasteiger partial charge in [0, 0.05) is 83.2 Å². The van der Waals surface area contributed by atoms with E-state index in [2.05, 4.69) is 65.1 Å². The molecule has 2 aliphatic heterocycles. The number of esters is 2. The second-order valence-electron chi connectivity index (χ2n) is 32.9. The molecule has 0 saturated carbocycles. The van der Waals surface area contributed by atoms with Gasteiger partial charge in [0.1, 0.15) is 73.2 Å². The number of fused-ring (bicyclic) bond motifs is 8. The summed E-state index contributed by atoms with van der Waals surface area (Å²) in [7, 11) is 3.99. The van der Waals surface area contributed by atoms with Crippen molar-refractivity contribution < 1.29 is 94.6 Å². The van der Waals surface area contributed by atoms with Gasteiger partial charge in [-0.2, -0.15) is 4.98 Å². The van der Waals surface area contributed by atoms with Gasteiger partial charge in [0.05, 0.1) is 59.2 Å². The summed E-state index contributed by atoms with van der Waals surface area (Å²) >= 11 is 0. The van der Waals surface area contributed by atoms with E-state index in [1.54, 1.807) is 57.1 Å². The van der Waals surface area contributed by atoms with Crippen LogP contribution in [-0.2, 0) is 82.8 Å². The Labute approximate surface area is 772 Å². The summed E-state index contributed by atoms with van der Waals surface area (Å²) in [6.45, 7) is 3.21. The molecule has 16 rings (SSSR count). The van der Waals surface area contributed by atoms with Crippen LogP contribution in [0.4, 0.5) is 21.4 Å². The standard InChI is InChI=1S/C99H102N13O21P/c1-7-49-128-134(129-56-82-79(132-88(117)46-33-61(2)113)50-85(131-82)112-60-104-90-93(112)107-96(108-95(90)119)105-83(114)31-19-47-109(3)97(120)125-53-77-73-27-15-11-23-69(73)70-24-12-16-28-74(70)77)133-80-51-86(130-81(80)55-127-99(64-21-9-8-10-22-64,65-38-42-67(122-5)43-39-65)66-40-44-68(123-6)45-41-66)111-59-103-89-91(101-58-102-92(89)111)106-94(118)63-36-34-62(35-37-63)52-100-84(115)57-124-87(116)32-20-48-110(4)98(121)126-54-78-75-29-17-13-25-71(75)72-26-14-18-30-76(72)78/h8-18,21-30,34-45,58-60,77-82,85-86H,7,19-20,31-33,46-57H2,1-6H3,(H,100,115)(H,101,102,106,118)(H2,105,107,108,114,119)/t79?,80?,81-,82-,85-,86-,134?/m1/s1. The fraction of sp³-hybridized carbons (Fsp3) is 0.333. The number of Topliss-reactive ketones (excluding diaryl/α,β-unsaturated/α-hetero) is 1. The number of methoxy groups -OCH3 is 2. The molecule has 6 heterocycles. The number of anilines is 2. The number of carbonyl (C=O) groups is 8. The number of imidazole rings is 2. The van der Waals surface area contributed by atoms with Crippen LogP contribution in [0.3, 0.4) is 0 Å². The molecule has 8 aromatic carbocycles. The van der Waals surface area contributed by atoms with Gasteiger partial charge < -0.3 is 81.4 Å². The van der Waals surface area contributed by atoms with Gasteiger partial charge in [-0.1, -0.05) is 171 Å². The quantitative estimate of drug-likeness (QED) is 0.0120. The largest absolute Gasteiger partial charge is 0.497 e. The smallest absolute Gasteiger partial charge is 0.409 e. The monoisotopic (exact) mass is 1840 g/mol. The van der Waals surface area contributed by atoms with Crippen LogP contribution < -0.4 is 31.0 Å². The summed E-state index contributed by atoms with van der Waals surface area (Å²) < 4.78 is 79.1. The number of carbonyl (C=O) groups excluding carboxylic acids is 8. The highest BCUT2D eigenvalue weighted by Gasteiger charge is 2.47. The number of H-pyrrole nitrogens is 1. The molecule has 0 spiro atoms. The maximum Gasteiger partial charge on any atom is 0.409 e. The van der Waals surface area contributed by atoms with Crippen molar-refractivity contribution in [2.45, 2.75) is 132 Å². The van der Waals surface area contributed by atoms with E-state index in [0.29, 0.717) is 23.5 Å². The van der Waals surface area contributed by atoms with Crippen LogP contribution in [0.1, 0.15) is 151 Å². The number of hydrogen-bond donors (Lipinski definition) is 4. The van der Waals surface area contributed by atoms with Gasteiger partial charge in [-0.15, -0.1) is 0 Å².